The minimum absolute atomic E-state index is 0.0388. The van der Waals surface area contributed by atoms with Crippen LogP contribution in [0.5, 0.6) is 0 Å². The Bertz CT molecular complexity index is 557. The van der Waals surface area contributed by atoms with Crippen molar-refractivity contribution in [3.63, 3.8) is 0 Å². The number of hydrogen-bond donors (Lipinski definition) is 0. The fourth-order valence-electron chi connectivity index (χ4n) is 1.79. The van der Waals surface area contributed by atoms with Crippen molar-refractivity contribution in [3.05, 3.63) is 64.9 Å². The Morgan fingerprint density at radius 1 is 1.26 bits per heavy atom. The van der Waals surface area contributed by atoms with Crippen LogP contribution in [-0.4, -0.2) is 22.8 Å². The monoisotopic (exact) mass is 274 g/mol. The van der Waals surface area contributed by atoms with Crippen LogP contribution in [0, 0.1) is 0 Å². The van der Waals surface area contributed by atoms with E-state index in [0.29, 0.717) is 18.0 Å². The number of amides is 1. The second-order valence-electron chi connectivity index (χ2n) is 4.38. The highest BCUT2D eigenvalue weighted by molar-refractivity contribution is 6.31. The maximum Gasteiger partial charge on any atom is 0.227 e. The number of benzene rings is 1. The van der Waals surface area contributed by atoms with E-state index in [0.717, 1.165) is 11.1 Å². The highest BCUT2D eigenvalue weighted by atomic mass is 35.5. The van der Waals surface area contributed by atoms with E-state index in [4.69, 9.17) is 11.6 Å². The third-order valence-electron chi connectivity index (χ3n) is 2.87. The first-order chi connectivity index (χ1) is 9.16. The average molecular weight is 275 g/mol. The normalized spacial score (nSPS) is 10.2. The first-order valence-electron chi connectivity index (χ1n) is 6.03. The summed E-state index contributed by atoms with van der Waals surface area (Å²) in [6.07, 6.45) is 3.80. The molecule has 1 heterocycles. The molecule has 0 saturated carbocycles. The van der Waals surface area contributed by atoms with Gasteiger partial charge in [-0.3, -0.25) is 9.78 Å². The lowest BCUT2D eigenvalue weighted by molar-refractivity contribution is -0.129. The Balaban J connectivity index is 1.99. The van der Waals surface area contributed by atoms with Gasteiger partial charge >= 0.3 is 0 Å². The first kappa shape index (κ1) is 13.6. The van der Waals surface area contributed by atoms with Gasteiger partial charge in [0, 0.05) is 31.0 Å². The Kier molecular flexibility index (Phi) is 4.53. The highest BCUT2D eigenvalue weighted by Crippen LogP contribution is 2.16. The third-order valence-corrected chi connectivity index (χ3v) is 3.24. The largest absolute Gasteiger partial charge is 0.341 e. The molecule has 4 heteroatoms. The summed E-state index contributed by atoms with van der Waals surface area (Å²) in [5.41, 5.74) is 1.87. The number of aromatic nitrogens is 1. The van der Waals surface area contributed by atoms with E-state index in [-0.39, 0.29) is 5.91 Å². The molecule has 0 atom stereocenters. The van der Waals surface area contributed by atoms with Crippen molar-refractivity contribution < 1.29 is 4.79 Å². The molecule has 0 aliphatic heterocycles. The molecular formula is C15H15ClN2O. The van der Waals surface area contributed by atoms with Crippen LogP contribution in [-0.2, 0) is 17.8 Å². The first-order valence-corrected chi connectivity index (χ1v) is 6.41. The van der Waals surface area contributed by atoms with Crippen LogP contribution in [0.15, 0.2) is 48.8 Å². The molecule has 1 aromatic heterocycles. The van der Waals surface area contributed by atoms with Crippen molar-refractivity contribution in [2.75, 3.05) is 7.05 Å². The molecule has 0 radical (unpaired) electrons. The predicted molar refractivity (Wildman–Crippen MR) is 75.9 cm³/mol. The Morgan fingerprint density at radius 3 is 2.74 bits per heavy atom. The van der Waals surface area contributed by atoms with Crippen molar-refractivity contribution in [2.45, 2.75) is 13.0 Å². The topological polar surface area (TPSA) is 33.2 Å². The Hall–Kier alpha value is -1.87. The number of pyridine rings is 1. The minimum Gasteiger partial charge on any atom is -0.341 e. The van der Waals surface area contributed by atoms with Gasteiger partial charge in [-0.05, 0) is 23.3 Å². The maximum absolute atomic E-state index is 12.1. The molecule has 0 spiro atoms. The molecule has 3 nitrogen and oxygen atoms in total. The number of likely N-dealkylation sites (N-methyl/N-ethyl adjacent to an activating group) is 1. The molecule has 19 heavy (non-hydrogen) atoms. The molecule has 0 aliphatic rings. The van der Waals surface area contributed by atoms with Gasteiger partial charge in [0.2, 0.25) is 5.91 Å². The summed E-state index contributed by atoms with van der Waals surface area (Å²) >= 11 is 6.05. The summed E-state index contributed by atoms with van der Waals surface area (Å²) in [4.78, 5) is 17.8. The molecule has 0 unspecified atom stereocenters. The van der Waals surface area contributed by atoms with Gasteiger partial charge in [-0.2, -0.15) is 0 Å². The lowest BCUT2D eigenvalue weighted by Gasteiger charge is -2.17. The molecule has 0 bridgehead atoms. The summed E-state index contributed by atoms with van der Waals surface area (Å²) in [5.74, 6) is 0.0388. The number of halogens is 1. The second kappa shape index (κ2) is 6.34. The van der Waals surface area contributed by atoms with Crippen LogP contribution in [0.1, 0.15) is 11.1 Å². The van der Waals surface area contributed by atoms with E-state index >= 15 is 0 Å². The van der Waals surface area contributed by atoms with Gasteiger partial charge in [0.1, 0.15) is 0 Å². The van der Waals surface area contributed by atoms with Crippen molar-refractivity contribution in [3.8, 4) is 0 Å². The van der Waals surface area contributed by atoms with Gasteiger partial charge in [0.25, 0.3) is 0 Å². The number of hydrogen-bond acceptors (Lipinski definition) is 2. The van der Waals surface area contributed by atoms with Crippen LogP contribution < -0.4 is 0 Å². The third kappa shape index (κ3) is 3.80. The van der Waals surface area contributed by atoms with E-state index in [1.54, 1.807) is 30.4 Å². The number of carbonyl (C=O) groups excluding carboxylic acids is 1. The van der Waals surface area contributed by atoms with Crippen molar-refractivity contribution in [1.82, 2.24) is 9.88 Å². The predicted octanol–water partition coefficient (Wildman–Crippen LogP) is 2.94. The van der Waals surface area contributed by atoms with Gasteiger partial charge in [-0.1, -0.05) is 35.9 Å². The molecule has 0 fully saturated rings. The van der Waals surface area contributed by atoms with E-state index in [9.17, 15) is 4.79 Å². The maximum atomic E-state index is 12.1. The molecule has 0 N–H and O–H groups in total. The SMILES string of the molecule is CN(Cc1cccnc1)C(=O)Cc1ccccc1Cl. The summed E-state index contributed by atoms with van der Waals surface area (Å²) in [7, 11) is 1.78. The van der Waals surface area contributed by atoms with Crippen LogP contribution in [0.3, 0.4) is 0 Å². The molecule has 1 aromatic carbocycles. The van der Waals surface area contributed by atoms with Crippen molar-refractivity contribution in [2.24, 2.45) is 0 Å². The van der Waals surface area contributed by atoms with Crippen LogP contribution in [0.4, 0.5) is 0 Å². The Labute approximate surface area is 117 Å². The fraction of sp³-hybridized carbons (Fsp3) is 0.200. The summed E-state index contributed by atoms with van der Waals surface area (Å²) in [6, 6.07) is 11.2. The molecule has 1 amide bonds. The zero-order valence-electron chi connectivity index (χ0n) is 10.7. The average Bonchev–Trinajstić information content (AvgIpc) is 2.42. The quantitative estimate of drug-likeness (QED) is 0.859. The van der Waals surface area contributed by atoms with E-state index < -0.39 is 0 Å². The summed E-state index contributed by atoms with van der Waals surface area (Å²) in [6.45, 7) is 0.553. The summed E-state index contributed by atoms with van der Waals surface area (Å²) < 4.78 is 0. The zero-order valence-corrected chi connectivity index (χ0v) is 11.5. The lowest BCUT2D eigenvalue weighted by atomic mass is 10.1. The van der Waals surface area contributed by atoms with Gasteiger partial charge in [-0.25, -0.2) is 0 Å². The van der Waals surface area contributed by atoms with Crippen molar-refractivity contribution >= 4 is 17.5 Å². The van der Waals surface area contributed by atoms with Crippen LogP contribution >= 0.6 is 11.6 Å². The number of rotatable bonds is 4. The second-order valence-corrected chi connectivity index (χ2v) is 4.79. The van der Waals surface area contributed by atoms with Crippen LogP contribution in [0.25, 0.3) is 0 Å². The highest BCUT2D eigenvalue weighted by Gasteiger charge is 2.11. The molecule has 0 aliphatic carbocycles. The Morgan fingerprint density at radius 2 is 2.05 bits per heavy atom. The lowest BCUT2D eigenvalue weighted by Crippen LogP contribution is -2.27. The van der Waals surface area contributed by atoms with E-state index in [1.807, 2.05) is 30.3 Å². The van der Waals surface area contributed by atoms with Gasteiger partial charge in [-0.15, -0.1) is 0 Å². The zero-order chi connectivity index (χ0) is 13.7. The van der Waals surface area contributed by atoms with E-state index in [2.05, 4.69) is 4.98 Å². The smallest absolute Gasteiger partial charge is 0.227 e. The van der Waals surface area contributed by atoms with Crippen LogP contribution in [0.2, 0.25) is 5.02 Å². The van der Waals surface area contributed by atoms with Gasteiger partial charge in [0.15, 0.2) is 0 Å². The molecule has 2 rings (SSSR count). The van der Waals surface area contributed by atoms with Gasteiger partial charge < -0.3 is 4.90 Å². The molecular weight excluding hydrogens is 260 g/mol. The minimum atomic E-state index is 0.0388. The molecule has 2 aromatic rings. The van der Waals surface area contributed by atoms with Gasteiger partial charge in [0.05, 0.1) is 6.42 Å². The molecule has 0 saturated heterocycles. The fourth-order valence-corrected chi connectivity index (χ4v) is 2.00. The number of nitrogens with zero attached hydrogens (tertiary/aromatic N) is 2. The standard InChI is InChI=1S/C15H15ClN2O/c1-18(11-12-5-4-8-17-10-12)15(19)9-13-6-2-3-7-14(13)16/h2-8,10H,9,11H2,1H3. The van der Waals surface area contributed by atoms with E-state index in [1.165, 1.54) is 0 Å². The number of carbonyl (C=O) groups is 1. The summed E-state index contributed by atoms with van der Waals surface area (Å²) in [5, 5.41) is 0.630. The molecule has 98 valence electrons. The van der Waals surface area contributed by atoms with Crippen molar-refractivity contribution in [1.29, 1.82) is 0 Å².